The number of hydrogen-bond donors (Lipinski definition) is 0. The van der Waals surface area contributed by atoms with Crippen LogP contribution in [-0.4, -0.2) is 72.8 Å². The molecular formula is C20H35N3O4. The number of rotatable bonds is 10. The zero-order chi connectivity index (χ0) is 19.7. The van der Waals surface area contributed by atoms with Gasteiger partial charge in [0.15, 0.2) is 0 Å². The molecule has 0 radical (unpaired) electrons. The summed E-state index contributed by atoms with van der Waals surface area (Å²) in [5.74, 6) is 0.413. The highest BCUT2D eigenvalue weighted by Crippen LogP contribution is 2.18. The molecule has 1 atom stereocenters. The molecule has 0 N–H and O–H groups in total. The number of carbonyl (C=O) groups excluding carboxylic acids is 1. The number of aromatic nitrogens is 2. The number of carbonyl (C=O) groups is 1. The van der Waals surface area contributed by atoms with Crippen molar-refractivity contribution in [2.24, 2.45) is 5.92 Å². The number of likely N-dealkylation sites (tertiary alicyclic amines) is 1. The van der Waals surface area contributed by atoms with Crippen LogP contribution in [0.25, 0.3) is 0 Å². The lowest BCUT2D eigenvalue weighted by Crippen LogP contribution is -2.32. The Morgan fingerprint density at radius 2 is 1.96 bits per heavy atom. The van der Waals surface area contributed by atoms with E-state index in [0.717, 1.165) is 18.9 Å². The predicted molar refractivity (Wildman–Crippen MR) is 104 cm³/mol. The largest absolute Gasteiger partial charge is 0.456 e. The van der Waals surface area contributed by atoms with Crippen LogP contribution in [0.5, 0.6) is 0 Å². The van der Waals surface area contributed by atoms with Crippen molar-refractivity contribution in [2.45, 2.75) is 52.2 Å². The summed E-state index contributed by atoms with van der Waals surface area (Å²) in [6, 6.07) is 0. The van der Waals surface area contributed by atoms with Gasteiger partial charge in [-0.15, -0.1) is 0 Å². The van der Waals surface area contributed by atoms with Gasteiger partial charge in [-0.05, 0) is 59.5 Å². The molecule has 0 aromatic carbocycles. The molecule has 1 aliphatic rings. The van der Waals surface area contributed by atoms with Crippen molar-refractivity contribution < 1.29 is 19.0 Å². The molecule has 1 aromatic rings. The fourth-order valence-corrected chi connectivity index (χ4v) is 3.17. The quantitative estimate of drug-likeness (QED) is 0.458. The Kier molecular flexibility index (Phi) is 8.73. The molecule has 1 aliphatic heterocycles. The maximum absolute atomic E-state index is 12.0. The van der Waals surface area contributed by atoms with Gasteiger partial charge in [0.2, 0.25) is 0 Å². The maximum atomic E-state index is 12.0. The first kappa shape index (κ1) is 21.9. The van der Waals surface area contributed by atoms with Gasteiger partial charge < -0.3 is 19.1 Å². The van der Waals surface area contributed by atoms with Gasteiger partial charge in [0.1, 0.15) is 5.60 Å². The lowest BCUT2D eigenvalue weighted by atomic mass is 9.96. The van der Waals surface area contributed by atoms with Crippen LogP contribution < -0.4 is 0 Å². The summed E-state index contributed by atoms with van der Waals surface area (Å²) < 4.78 is 18.3. The Hall–Kier alpha value is -1.44. The van der Waals surface area contributed by atoms with Gasteiger partial charge in [-0.3, -0.25) is 4.68 Å². The molecule has 7 heteroatoms. The summed E-state index contributed by atoms with van der Waals surface area (Å²) in [7, 11) is 2.19. The summed E-state index contributed by atoms with van der Waals surface area (Å²) in [5, 5.41) is 4.17. The molecule has 1 aromatic heterocycles. The van der Waals surface area contributed by atoms with E-state index in [1.807, 2.05) is 20.8 Å². The molecule has 0 spiro atoms. The van der Waals surface area contributed by atoms with Gasteiger partial charge in [-0.25, -0.2) is 4.79 Å². The minimum atomic E-state index is -0.505. The molecule has 1 saturated heterocycles. The van der Waals surface area contributed by atoms with Crippen LogP contribution in [0.1, 0.15) is 50.4 Å². The van der Waals surface area contributed by atoms with Crippen LogP contribution in [0.4, 0.5) is 0 Å². The van der Waals surface area contributed by atoms with E-state index in [-0.39, 0.29) is 5.97 Å². The van der Waals surface area contributed by atoms with E-state index in [4.69, 9.17) is 14.2 Å². The Labute approximate surface area is 162 Å². The van der Waals surface area contributed by atoms with E-state index in [0.29, 0.717) is 31.9 Å². The summed E-state index contributed by atoms with van der Waals surface area (Å²) >= 11 is 0. The van der Waals surface area contributed by atoms with Crippen LogP contribution in [0, 0.1) is 5.92 Å². The van der Waals surface area contributed by atoms with Crippen LogP contribution in [0.2, 0.25) is 0 Å². The van der Waals surface area contributed by atoms with Crippen molar-refractivity contribution in [1.29, 1.82) is 0 Å². The number of esters is 1. The Balaban J connectivity index is 1.50. The van der Waals surface area contributed by atoms with E-state index < -0.39 is 5.60 Å². The highest BCUT2D eigenvalue weighted by Gasteiger charge is 2.19. The van der Waals surface area contributed by atoms with Gasteiger partial charge >= 0.3 is 5.97 Å². The number of piperidine rings is 1. The summed E-state index contributed by atoms with van der Waals surface area (Å²) in [6.07, 6.45) is 6.97. The topological polar surface area (TPSA) is 65.8 Å². The second kappa shape index (κ2) is 10.8. The molecular weight excluding hydrogens is 346 g/mol. The lowest BCUT2D eigenvalue weighted by molar-refractivity contribution is 0.00692. The zero-order valence-electron chi connectivity index (χ0n) is 17.3. The lowest BCUT2D eigenvalue weighted by Gasteiger charge is -2.29. The molecule has 7 nitrogen and oxygen atoms in total. The van der Waals surface area contributed by atoms with Crippen LogP contribution in [0.15, 0.2) is 12.4 Å². The highest BCUT2D eigenvalue weighted by atomic mass is 16.6. The van der Waals surface area contributed by atoms with Gasteiger partial charge in [0.25, 0.3) is 0 Å². The SMILES string of the molecule is CN1CCC[C@@H](CCOCCOCCn2cc(C(=O)OC(C)(C)C)cn2)C1. The third-order valence-corrected chi connectivity index (χ3v) is 4.50. The van der Waals surface area contributed by atoms with Gasteiger partial charge in [0.05, 0.1) is 38.1 Å². The number of hydrogen-bond acceptors (Lipinski definition) is 6. The average molecular weight is 382 g/mol. The van der Waals surface area contributed by atoms with Crippen LogP contribution >= 0.6 is 0 Å². The van der Waals surface area contributed by atoms with Crippen molar-refractivity contribution in [3.63, 3.8) is 0 Å². The maximum Gasteiger partial charge on any atom is 0.341 e. The number of ether oxygens (including phenoxy) is 3. The summed E-state index contributed by atoms with van der Waals surface area (Å²) in [5.41, 5.74) is -0.0449. The fraction of sp³-hybridized carbons (Fsp3) is 0.800. The first-order chi connectivity index (χ1) is 12.8. The molecule has 154 valence electrons. The first-order valence-corrected chi connectivity index (χ1v) is 9.93. The number of nitrogens with zero attached hydrogens (tertiary/aromatic N) is 3. The molecule has 0 saturated carbocycles. The fourth-order valence-electron chi connectivity index (χ4n) is 3.17. The van der Waals surface area contributed by atoms with E-state index in [2.05, 4.69) is 17.0 Å². The van der Waals surface area contributed by atoms with Crippen molar-refractivity contribution >= 4 is 5.97 Å². The Bertz CT molecular complexity index is 568. The molecule has 0 aliphatic carbocycles. The highest BCUT2D eigenvalue weighted by molar-refractivity contribution is 5.89. The smallest absolute Gasteiger partial charge is 0.341 e. The molecule has 27 heavy (non-hydrogen) atoms. The minimum Gasteiger partial charge on any atom is -0.456 e. The first-order valence-electron chi connectivity index (χ1n) is 9.93. The van der Waals surface area contributed by atoms with Crippen molar-refractivity contribution in [2.75, 3.05) is 46.6 Å². The molecule has 0 unspecified atom stereocenters. The van der Waals surface area contributed by atoms with Gasteiger partial charge in [0, 0.05) is 19.3 Å². The van der Waals surface area contributed by atoms with E-state index in [9.17, 15) is 4.79 Å². The van der Waals surface area contributed by atoms with Crippen LogP contribution in [-0.2, 0) is 20.8 Å². The Morgan fingerprint density at radius 3 is 2.67 bits per heavy atom. The third kappa shape index (κ3) is 8.86. The second-order valence-electron chi connectivity index (χ2n) is 8.28. The van der Waals surface area contributed by atoms with Crippen molar-refractivity contribution in [3.8, 4) is 0 Å². The van der Waals surface area contributed by atoms with E-state index in [1.165, 1.54) is 32.1 Å². The van der Waals surface area contributed by atoms with E-state index >= 15 is 0 Å². The predicted octanol–water partition coefficient (Wildman–Crippen LogP) is 2.60. The molecule has 1 fully saturated rings. The molecule has 2 rings (SSSR count). The van der Waals surface area contributed by atoms with Crippen molar-refractivity contribution in [3.05, 3.63) is 18.0 Å². The van der Waals surface area contributed by atoms with Crippen molar-refractivity contribution in [1.82, 2.24) is 14.7 Å². The van der Waals surface area contributed by atoms with Crippen LogP contribution in [0.3, 0.4) is 0 Å². The van der Waals surface area contributed by atoms with E-state index in [1.54, 1.807) is 10.9 Å². The summed E-state index contributed by atoms with van der Waals surface area (Å²) in [4.78, 5) is 14.4. The molecule has 2 heterocycles. The van der Waals surface area contributed by atoms with Gasteiger partial charge in [-0.2, -0.15) is 5.10 Å². The standard InChI is InChI=1S/C20H35N3O4/c1-20(2,3)27-19(24)18-14-21-23(16-18)9-11-26-13-12-25-10-7-17-6-5-8-22(4)15-17/h14,16-17H,5-13,15H2,1-4H3/t17-/m0/s1. The summed E-state index contributed by atoms with van der Waals surface area (Å²) in [6.45, 7) is 11.1. The van der Waals surface area contributed by atoms with Gasteiger partial charge in [-0.1, -0.05) is 0 Å². The Morgan fingerprint density at radius 1 is 1.22 bits per heavy atom. The normalized spacial score (nSPS) is 18.6. The zero-order valence-corrected chi connectivity index (χ0v) is 17.3. The average Bonchev–Trinajstić information content (AvgIpc) is 3.05. The minimum absolute atomic E-state index is 0.354. The second-order valence-corrected chi connectivity index (χ2v) is 8.28. The third-order valence-electron chi connectivity index (χ3n) is 4.50. The molecule has 0 amide bonds. The molecule has 0 bridgehead atoms. The monoisotopic (exact) mass is 381 g/mol.